The van der Waals surface area contributed by atoms with Crippen LogP contribution in [0.3, 0.4) is 0 Å². The summed E-state index contributed by atoms with van der Waals surface area (Å²) < 4.78 is 17.5. The van der Waals surface area contributed by atoms with Crippen LogP contribution in [-0.4, -0.2) is 41.7 Å². The van der Waals surface area contributed by atoms with Crippen LogP contribution in [0.25, 0.3) is 6.08 Å². The zero-order valence-corrected chi connectivity index (χ0v) is 18.3. The fraction of sp³-hybridized carbons (Fsp3) is 0.550. The number of carbonyl (C=O) groups excluding carboxylic acids is 1. The number of rotatable bonds is 4. The predicted molar refractivity (Wildman–Crippen MR) is 111 cm³/mol. The lowest BCUT2D eigenvalue weighted by molar-refractivity contribution is 0.00578. The van der Waals surface area contributed by atoms with Crippen molar-refractivity contribution in [3.05, 3.63) is 34.3 Å². The van der Waals surface area contributed by atoms with Gasteiger partial charge in [-0.1, -0.05) is 23.7 Å². The second kappa shape index (κ2) is 7.97. The van der Waals surface area contributed by atoms with Crippen molar-refractivity contribution in [2.24, 2.45) is 0 Å². The minimum absolute atomic E-state index is 0.0243. The number of hydrogen-bond acceptors (Lipinski definition) is 5. The van der Waals surface area contributed by atoms with E-state index in [2.05, 4.69) is 5.32 Å². The monoisotopic (exact) mass is 409 g/mol. The van der Waals surface area contributed by atoms with E-state index in [-0.39, 0.29) is 17.3 Å². The van der Waals surface area contributed by atoms with E-state index >= 15 is 0 Å². The van der Waals surface area contributed by atoms with E-state index in [4.69, 9.17) is 25.6 Å². The number of hydrogen-bond donors (Lipinski definition) is 2. The van der Waals surface area contributed by atoms with Gasteiger partial charge in [-0.3, -0.25) is 0 Å². The topological polar surface area (TPSA) is 77.0 Å². The van der Waals surface area contributed by atoms with Crippen molar-refractivity contribution in [1.82, 2.24) is 5.32 Å². The Morgan fingerprint density at radius 2 is 1.82 bits per heavy atom. The number of phenols is 1. The van der Waals surface area contributed by atoms with Gasteiger partial charge in [0.1, 0.15) is 11.4 Å². The smallest absolute Gasteiger partial charge is 0.492 e. The lowest BCUT2D eigenvalue weighted by atomic mass is 9.77. The van der Waals surface area contributed by atoms with Gasteiger partial charge in [-0.15, -0.1) is 0 Å². The van der Waals surface area contributed by atoms with Crippen molar-refractivity contribution in [3.8, 4) is 5.75 Å². The molecule has 1 aliphatic heterocycles. The third-order valence-electron chi connectivity index (χ3n) is 4.71. The largest absolute Gasteiger partial charge is 0.506 e. The van der Waals surface area contributed by atoms with E-state index < -0.39 is 30.0 Å². The highest BCUT2D eigenvalue weighted by atomic mass is 35.5. The van der Waals surface area contributed by atoms with Crippen LogP contribution in [0.1, 0.15) is 54.0 Å². The van der Waals surface area contributed by atoms with Crippen LogP contribution in [0.15, 0.2) is 23.7 Å². The van der Waals surface area contributed by atoms with Gasteiger partial charge in [0.25, 0.3) is 0 Å². The third kappa shape index (κ3) is 5.66. The summed E-state index contributed by atoms with van der Waals surface area (Å²) >= 11 is 5.89. The molecule has 2 rings (SSSR count). The van der Waals surface area contributed by atoms with Crippen molar-refractivity contribution >= 4 is 30.9 Å². The minimum atomic E-state index is -0.655. The summed E-state index contributed by atoms with van der Waals surface area (Å²) in [5.41, 5.74) is -0.251. The Morgan fingerprint density at radius 1 is 1.25 bits per heavy atom. The highest BCUT2D eigenvalue weighted by Gasteiger charge is 2.52. The quantitative estimate of drug-likeness (QED) is 0.711. The maximum atomic E-state index is 12.1. The number of carbonyl (C=O) groups is 1. The Labute approximate surface area is 172 Å². The van der Waals surface area contributed by atoms with Gasteiger partial charge in [0.05, 0.1) is 16.2 Å². The van der Waals surface area contributed by atoms with Crippen molar-refractivity contribution < 1.29 is 23.9 Å². The number of ether oxygens (including phenoxy) is 1. The van der Waals surface area contributed by atoms with E-state index in [0.717, 1.165) is 0 Å². The highest BCUT2D eigenvalue weighted by molar-refractivity contribution is 6.56. The summed E-state index contributed by atoms with van der Waals surface area (Å²) in [6.45, 7) is 13.4. The van der Waals surface area contributed by atoms with Crippen LogP contribution in [-0.2, 0) is 14.0 Å². The second-order valence-electron chi connectivity index (χ2n) is 8.87. The van der Waals surface area contributed by atoms with E-state index in [1.807, 2.05) is 27.7 Å². The molecule has 0 aliphatic carbocycles. The van der Waals surface area contributed by atoms with Crippen LogP contribution in [0, 0.1) is 0 Å². The molecule has 8 heteroatoms. The first-order chi connectivity index (χ1) is 12.7. The van der Waals surface area contributed by atoms with E-state index in [1.54, 1.807) is 45.0 Å². The van der Waals surface area contributed by atoms with Crippen LogP contribution >= 0.6 is 11.6 Å². The molecule has 1 amide bonds. The molecule has 0 aromatic heterocycles. The standard InChI is InChI=1S/C20H29BClNO5/c1-18(2,3)26-17(25)23-12-14(10-13-8-9-15(22)16(24)11-13)21-27-19(4,5)20(6,7)28-21/h8-11,24H,12H2,1-7H3,(H,23,25). The maximum absolute atomic E-state index is 12.1. The Hall–Kier alpha value is -1.70. The summed E-state index contributed by atoms with van der Waals surface area (Å²) in [5, 5.41) is 12.9. The van der Waals surface area contributed by atoms with Gasteiger partial charge in [0.15, 0.2) is 0 Å². The van der Waals surface area contributed by atoms with E-state index in [1.165, 1.54) is 0 Å². The summed E-state index contributed by atoms with van der Waals surface area (Å²) in [6, 6.07) is 4.91. The molecule has 6 nitrogen and oxygen atoms in total. The van der Waals surface area contributed by atoms with Crippen molar-refractivity contribution in [2.75, 3.05) is 6.54 Å². The number of halogens is 1. The average Bonchev–Trinajstić information content (AvgIpc) is 2.73. The molecule has 154 valence electrons. The Kier molecular flexibility index (Phi) is 6.43. The summed E-state index contributed by atoms with van der Waals surface area (Å²) in [4.78, 5) is 12.1. The SMILES string of the molecule is CC(C)(C)OC(=O)NCC(=Cc1ccc(Cl)c(O)c1)B1OC(C)(C)C(C)(C)O1. The molecule has 1 fully saturated rings. The first-order valence-corrected chi connectivity index (χ1v) is 9.59. The molecule has 1 aromatic carbocycles. The molecule has 0 saturated carbocycles. The molecule has 0 bridgehead atoms. The van der Waals surface area contributed by atoms with Crippen molar-refractivity contribution in [2.45, 2.75) is 65.3 Å². The summed E-state index contributed by atoms with van der Waals surface area (Å²) in [5.74, 6) is -0.0243. The molecule has 0 atom stereocenters. The number of phenolic OH excluding ortho intramolecular Hbond substituents is 1. The van der Waals surface area contributed by atoms with Crippen molar-refractivity contribution in [3.63, 3.8) is 0 Å². The molecule has 1 saturated heterocycles. The molecule has 1 aliphatic rings. The second-order valence-corrected chi connectivity index (χ2v) is 9.28. The molecule has 1 aromatic rings. The number of benzene rings is 1. The molecule has 28 heavy (non-hydrogen) atoms. The van der Waals surface area contributed by atoms with E-state index in [0.29, 0.717) is 11.0 Å². The normalized spacial score (nSPS) is 18.9. The van der Waals surface area contributed by atoms with E-state index in [9.17, 15) is 9.90 Å². The molecular formula is C20H29BClNO5. The Balaban J connectivity index is 2.27. The van der Waals surface area contributed by atoms with Crippen LogP contribution in [0.2, 0.25) is 5.02 Å². The van der Waals surface area contributed by atoms with Gasteiger partial charge in [-0.25, -0.2) is 4.79 Å². The maximum Gasteiger partial charge on any atom is 0.492 e. The summed E-state index contributed by atoms with van der Waals surface area (Å²) in [6.07, 6.45) is 1.27. The molecule has 0 radical (unpaired) electrons. The number of amides is 1. The molecule has 1 heterocycles. The van der Waals surface area contributed by atoms with Gasteiger partial charge >= 0.3 is 13.2 Å². The predicted octanol–water partition coefficient (Wildman–Crippen LogP) is 4.59. The molecule has 2 N–H and O–H groups in total. The van der Waals surface area contributed by atoms with Crippen LogP contribution in [0.4, 0.5) is 4.79 Å². The first kappa shape index (κ1) is 22.6. The van der Waals surface area contributed by atoms with Crippen molar-refractivity contribution in [1.29, 1.82) is 0 Å². The summed E-state index contributed by atoms with van der Waals surface area (Å²) in [7, 11) is -0.655. The number of nitrogens with one attached hydrogen (secondary N) is 1. The lowest BCUT2D eigenvalue weighted by Gasteiger charge is -2.32. The van der Waals surface area contributed by atoms with Gasteiger partial charge < -0.3 is 24.5 Å². The molecule has 0 unspecified atom stereocenters. The highest BCUT2D eigenvalue weighted by Crippen LogP contribution is 2.39. The van der Waals surface area contributed by atoms with Crippen LogP contribution < -0.4 is 5.32 Å². The first-order valence-electron chi connectivity index (χ1n) is 9.22. The zero-order chi connectivity index (χ0) is 21.3. The number of alkyl carbamates (subject to hydrolysis) is 1. The fourth-order valence-corrected chi connectivity index (χ4v) is 2.64. The third-order valence-corrected chi connectivity index (χ3v) is 5.03. The Morgan fingerprint density at radius 3 is 2.32 bits per heavy atom. The number of aromatic hydroxyl groups is 1. The molecular weight excluding hydrogens is 380 g/mol. The van der Waals surface area contributed by atoms with Gasteiger partial charge in [0.2, 0.25) is 0 Å². The zero-order valence-electron chi connectivity index (χ0n) is 17.6. The van der Waals surface area contributed by atoms with Gasteiger partial charge in [-0.05, 0) is 71.6 Å². The Bertz CT molecular complexity index is 754. The van der Waals surface area contributed by atoms with Crippen LogP contribution in [0.5, 0.6) is 5.75 Å². The lowest BCUT2D eigenvalue weighted by Crippen LogP contribution is -2.41. The van der Waals surface area contributed by atoms with Gasteiger partial charge in [0, 0.05) is 6.54 Å². The average molecular weight is 410 g/mol. The molecule has 0 spiro atoms. The minimum Gasteiger partial charge on any atom is -0.506 e. The van der Waals surface area contributed by atoms with Gasteiger partial charge in [-0.2, -0.15) is 0 Å². The fourth-order valence-electron chi connectivity index (χ4n) is 2.52.